The molecule has 0 unspecified atom stereocenters. The summed E-state index contributed by atoms with van der Waals surface area (Å²) < 4.78 is 1.74. The zero-order chi connectivity index (χ0) is 15.9. The second kappa shape index (κ2) is 7.61. The number of nitrogens with one attached hydrogen (secondary N) is 2. The zero-order valence-electron chi connectivity index (χ0n) is 12.9. The van der Waals surface area contributed by atoms with Gasteiger partial charge in [-0.1, -0.05) is 29.3 Å². The van der Waals surface area contributed by atoms with Crippen LogP contribution in [0.1, 0.15) is 22.8 Å². The van der Waals surface area contributed by atoms with Crippen molar-refractivity contribution in [3.63, 3.8) is 0 Å². The first-order valence-corrected chi connectivity index (χ1v) is 7.30. The molecule has 0 aliphatic rings. The Balaban J connectivity index is 1.73. The molecule has 0 fully saturated rings. The van der Waals surface area contributed by atoms with Crippen molar-refractivity contribution in [2.75, 3.05) is 13.1 Å². The first-order valence-electron chi connectivity index (χ1n) is 7.30. The van der Waals surface area contributed by atoms with Crippen LogP contribution in [0.25, 0.3) is 0 Å². The van der Waals surface area contributed by atoms with Gasteiger partial charge in [-0.15, -0.1) is 0 Å². The van der Waals surface area contributed by atoms with Crippen LogP contribution in [0.3, 0.4) is 0 Å². The SMILES string of the molecule is Cc1cc(C)cc([C@@H](O)CNC(=O)NCCn2cccn2)c1. The number of hydrogen-bond acceptors (Lipinski definition) is 3. The van der Waals surface area contributed by atoms with Crippen LogP contribution in [0.2, 0.25) is 0 Å². The average Bonchev–Trinajstić information content (AvgIpc) is 2.97. The van der Waals surface area contributed by atoms with Crippen LogP contribution < -0.4 is 10.6 Å². The van der Waals surface area contributed by atoms with Crippen LogP contribution in [0.4, 0.5) is 4.79 Å². The van der Waals surface area contributed by atoms with E-state index in [0.29, 0.717) is 13.1 Å². The van der Waals surface area contributed by atoms with Crippen molar-refractivity contribution in [1.82, 2.24) is 20.4 Å². The van der Waals surface area contributed by atoms with Crippen molar-refractivity contribution in [2.45, 2.75) is 26.5 Å². The lowest BCUT2D eigenvalue weighted by molar-refractivity contribution is 0.173. The molecule has 2 aromatic rings. The largest absolute Gasteiger partial charge is 0.387 e. The smallest absolute Gasteiger partial charge is 0.314 e. The highest BCUT2D eigenvalue weighted by Gasteiger charge is 2.10. The molecule has 0 saturated carbocycles. The van der Waals surface area contributed by atoms with Gasteiger partial charge < -0.3 is 15.7 Å². The van der Waals surface area contributed by atoms with Crippen molar-refractivity contribution < 1.29 is 9.90 Å². The molecule has 0 aliphatic heterocycles. The highest BCUT2D eigenvalue weighted by atomic mass is 16.3. The van der Waals surface area contributed by atoms with Gasteiger partial charge in [0.05, 0.1) is 12.6 Å². The number of rotatable bonds is 6. The minimum Gasteiger partial charge on any atom is -0.387 e. The third-order valence-corrected chi connectivity index (χ3v) is 3.27. The van der Waals surface area contributed by atoms with Crippen LogP contribution >= 0.6 is 0 Å². The Bertz CT molecular complexity index is 590. The number of hydrogen-bond donors (Lipinski definition) is 3. The van der Waals surface area contributed by atoms with Crippen molar-refractivity contribution in [3.05, 3.63) is 53.3 Å². The molecule has 0 spiro atoms. The lowest BCUT2D eigenvalue weighted by Crippen LogP contribution is -2.39. The number of benzene rings is 1. The minimum atomic E-state index is -0.713. The molecule has 118 valence electrons. The number of aryl methyl sites for hydroxylation is 2. The molecule has 2 amide bonds. The predicted molar refractivity (Wildman–Crippen MR) is 84.5 cm³/mol. The molecule has 1 aromatic carbocycles. The van der Waals surface area contributed by atoms with Gasteiger partial charge in [-0.2, -0.15) is 5.10 Å². The minimum absolute atomic E-state index is 0.177. The van der Waals surface area contributed by atoms with E-state index in [9.17, 15) is 9.90 Å². The monoisotopic (exact) mass is 302 g/mol. The maximum Gasteiger partial charge on any atom is 0.314 e. The Kier molecular flexibility index (Phi) is 5.55. The summed E-state index contributed by atoms with van der Waals surface area (Å²) in [6, 6.07) is 7.44. The molecule has 6 nitrogen and oxygen atoms in total. The first-order chi connectivity index (χ1) is 10.5. The second-order valence-electron chi connectivity index (χ2n) is 5.34. The standard InChI is InChI=1S/C16H22N4O2/c1-12-8-13(2)10-14(9-12)15(21)11-18-16(22)17-5-7-20-6-3-4-19-20/h3-4,6,8-10,15,21H,5,7,11H2,1-2H3,(H2,17,18,22)/t15-/m0/s1. The summed E-state index contributed by atoms with van der Waals surface area (Å²) in [5.74, 6) is 0. The van der Waals surface area contributed by atoms with E-state index >= 15 is 0 Å². The Morgan fingerprint density at radius 1 is 1.27 bits per heavy atom. The maximum absolute atomic E-state index is 11.7. The summed E-state index contributed by atoms with van der Waals surface area (Å²) in [7, 11) is 0. The highest BCUT2D eigenvalue weighted by Crippen LogP contribution is 2.16. The molecule has 1 aromatic heterocycles. The molecule has 6 heteroatoms. The molecular formula is C16H22N4O2. The topological polar surface area (TPSA) is 79.2 Å². The predicted octanol–water partition coefficient (Wildman–Crippen LogP) is 1.53. The fourth-order valence-corrected chi connectivity index (χ4v) is 2.29. The zero-order valence-corrected chi connectivity index (χ0v) is 12.9. The Morgan fingerprint density at radius 2 is 2.00 bits per heavy atom. The van der Waals surface area contributed by atoms with E-state index in [0.717, 1.165) is 16.7 Å². The van der Waals surface area contributed by atoms with Gasteiger partial charge in [-0.05, 0) is 25.5 Å². The Morgan fingerprint density at radius 3 is 2.64 bits per heavy atom. The molecule has 1 heterocycles. The van der Waals surface area contributed by atoms with E-state index < -0.39 is 6.10 Å². The number of carbonyl (C=O) groups is 1. The lowest BCUT2D eigenvalue weighted by Gasteiger charge is -2.14. The molecule has 0 radical (unpaired) electrons. The third kappa shape index (κ3) is 4.89. The number of aliphatic hydroxyl groups excluding tert-OH is 1. The number of nitrogens with zero attached hydrogens (tertiary/aromatic N) is 2. The van der Waals surface area contributed by atoms with Crippen LogP contribution in [0.15, 0.2) is 36.7 Å². The van der Waals surface area contributed by atoms with Gasteiger partial charge in [0.15, 0.2) is 0 Å². The number of amides is 2. The molecular weight excluding hydrogens is 280 g/mol. The third-order valence-electron chi connectivity index (χ3n) is 3.27. The van der Waals surface area contributed by atoms with E-state index in [1.165, 1.54) is 0 Å². The van der Waals surface area contributed by atoms with Gasteiger partial charge in [-0.3, -0.25) is 4.68 Å². The molecule has 3 N–H and O–H groups in total. The van der Waals surface area contributed by atoms with E-state index in [1.807, 2.05) is 44.3 Å². The normalized spacial score (nSPS) is 12.0. The van der Waals surface area contributed by atoms with Crippen molar-refractivity contribution in [3.8, 4) is 0 Å². The highest BCUT2D eigenvalue weighted by molar-refractivity contribution is 5.73. The van der Waals surface area contributed by atoms with E-state index in [-0.39, 0.29) is 12.6 Å². The summed E-state index contributed by atoms with van der Waals surface area (Å²) in [5.41, 5.74) is 3.00. The summed E-state index contributed by atoms with van der Waals surface area (Å²) in [5, 5.41) is 19.6. The average molecular weight is 302 g/mol. The quantitative estimate of drug-likeness (QED) is 0.757. The summed E-state index contributed by atoms with van der Waals surface area (Å²) in [6.07, 6.45) is 2.82. The molecule has 0 saturated heterocycles. The Hall–Kier alpha value is -2.34. The molecule has 0 aliphatic carbocycles. The number of aliphatic hydroxyl groups is 1. The van der Waals surface area contributed by atoms with Gasteiger partial charge >= 0.3 is 6.03 Å². The van der Waals surface area contributed by atoms with Gasteiger partial charge in [0.1, 0.15) is 0 Å². The van der Waals surface area contributed by atoms with E-state index in [4.69, 9.17) is 0 Å². The Labute approximate surface area is 130 Å². The number of aromatic nitrogens is 2. The van der Waals surface area contributed by atoms with Crippen LogP contribution in [-0.4, -0.2) is 34.0 Å². The fourth-order valence-electron chi connectivity index (χ4n) is 2.29. The molecule has 22 heavy (non-hydrogen) atoms. The van der Waals surface area contributed by atoms with Gasteiger partial charge in [0.25, 0.3) is 0 Å². The van der Waals surface area contributed by atoms with Crippen LogP contribution in [0.5, 0.6) is 0 Å². The number of carbonyl (C=O) groups excluding carboxylic acids is 1. The van der Waals surface area contributed by atoms with Crippen LogP contribution in [-0.2, 0) is 6.54 Å². The van der Waals surface area contributed by atoms with Crippen molar-refractivity contribution >= 4 is 6.03 Å². The summed E-state index contributed by atoms with van der Waals surface area (Å²) in [6.45, 7) is 5.24. The van der Waals surface area contributed by atoms with Crippen molar-refractivity contribution in [1.29, 1.82) is 0 Å². The first kappa shape index (κ1) is 16.0. The maximum atomic E-state index is 11.7. The van der Waals surface area contributed by atoms with Gasteiger partial charge in [0.2, 0.25) is 0 Å². The summed E-state index contributed by atoms with van der Waals surface area (Å²) in [4.78, 5) is 11.7. The van der Waals surface area contributed by atoms with Crippen molar-refractivity contribution in [2.24, 2.45) is 0 Å². The summed E-state index contributed by atoms with van der Waals surface area (Å²) >= 11 is 0. The van der Waals surface area contributed by atoms with Crippen LogP contribution in [0, 0.1) is 13.8 Å². The van der Waals surface area contributed by atoms with E-state index in [1.54, 1.807) is 10.9 Å². The van der Waals surface area contributed by atoms with Gasteiger partial charge in [0, 0.05) is 25.5 Å². The molecule has 2 rings (SSSR count). The fraction of sp³-hybridized carbons (Fsp3) is 0.375. The molecule has 0 bridgehead atoms. The molecule has 1 atom stereocenters. The number of urea groups is 1. The van der Waals surface area contributed by atoms with E-state index in [2.05, 4.69) is 15.7 Å². The van der Waals surface area contributed by atoms with Gasteiger partial charge in [-0.25, -0.2) is 4.79 Å². The second-order valence-corrected chi connectivity index (χ2v) is 5.34. The lowest BCUT2D eigenvalue weighted by atomic mass is 10.0.